The summed E-state index contributed by atoms with van der Waals surface area (Å²) >= 11 is 5.97. The maximum Gasteiger partial charge on any atom is 0.114 e. The molecule has 3 rings (SSSR count). The van der Waals surface area contributed by atoms with Gasteiger partial charge in [-0.25, -0.2) is 4.98 Å². The van der Waals surface area contributed by atoms with Crippen LogP contribution in [-0.4, -0.2) is 9.97 Å². The van der Waals surface area contributed by atoms with Gasteiger partial charge in [-0.15, -0.1) is 0 Å². The Morgan fingerprint density at radius 1 is 1.09 bits per heavy atom. The van der Waals surface area contributed by atoms with Crippen molar-refractivity contribution in [3.05, 3.63) is 88.5 Å². The van der Waals surface area contributed by atoms with E-state index in [2.05, 4.69) is 28.2 Å². The van der Waals surface area contributed by atoms with E-state index >= 15 is 0 Å². The summed E-state index contributed by atoms with van der Waals surface area (Å²) in [6.45, 7) is 0. The van der Waals surface area contributed by atoms with Crippen molar-refractivity contribution in [2.75, 3.05) is 0 Å². The van der Waals surface area contributed by atoms with Crippen LogP contribution in [0.15, 0.2) is 60.8 Å². The smallest absolute Gasteiger partial charge is 0.114 e. The number of aromatic nitrogens is 2. The van der Waals surface area contributed by atoms with E-state index in [-0.39, 0.29) is 5.92 Å². The van der Waals surface area contributed by atoms with E-state index in [1.165, 1.54) is 11.1 Å². The third-order valence-corrected chi connectivity index (χ3v) is 4.05. The molecule has 0 saturated carbocycles. The van der Waals surface area contributed by atoms with Crippen molar-refractivity contribution in [3.8, 4) is 6.07 Å². The average molecular weight is 322 g/mol. The first kappa shape index (κ1) is 15.3. The predicted molar refractivity (Wildman–Crippen MR) is 91.3 cm³/mol. The molecule has 0 aliphatic carbocycles. The molecule has 1 N–H and O–H groups in total. The largest absolute Gasteiger partial charge is 0.344 e. The minimum absolute atomic E-state index is 0.116. The van der Waals surface area contributed by atoms with Gasteiger partial charge in [0.1, 0.15) is 5.82 Å². The third-order valence-electron chi connectivity index (χ3n) is 3.80. The van der Waals surface area contributed by atoms with Crippen molar-refractivity contribution >= 4 is 11.6 Å². The number of benzene rings is 2. The van der Waals surface area contributed by atoms with Gasteiger partial charge in [0.05, 0.1) is 12.5 Å². The summed E-state index contributed by atoms with van der Waals surface area (Å²) in [5.41, 5.74) is 3.24. The summed E-state index contributed by atoms with van der Waals surface area (Å²) < 4.78 is 0. The quantitative estimate of drug-likeness (QED) is 0.752. The number of aromatic amines is 1. The summed E-state index contributed by atoms with van der Waals surface area (Å²) in [5.74, 6) is 1.00. The van der Waals surface area contributed by atoms with Gasteiger partial charge in [-0.2, -0.15) is 5.26 Å². The molecule has 0 aliphatic heterocycles. The molecule has 0 bridgehead atoms. The van der Waals surface area contributed by atoms with E-state index in [9.17, 15) is 0 Å². The van der Waals surface area contributed by atoms with Crippen molar-refractivity contribution in [2.45, 2.75) is 18.8 Å². The molecule has 1 unspecified atom stereocenters. The lowest BCUT2D eigenvalue weighted by Crippen LogP contribution is -2.07. The minimum Gasteiger partial charge on any atom is -0.344 e. The van der Waals surface area contributed by atoms with Gasteiger partial charge >= 0.3 is 0 Å². The zero-order valence-electron chi connectivity index (χ0n) is 12.5. The molecule has 0 amide bonds. The Morgan fingerprint density at radius 3 is 2.52 bits per heavy atom. The van der Waals surface area contributed by atoms with Crippen molar-refractivity contribution in [2.24, 2.45) is 0 Å². The molecule has 3 nitrogen and oxygen atoms in total. The summed E-state index contributed by atoms with van der Waals surface area (Å²) in [4.78, 5) is 7.78. The third kappa shape index (κ3) is 3.80. The summed E-state index contributed by atoms with van der Waals surface area (Å²) in [6.07, 6.45) is 2.91. The van der Waals surface area contributed by atoms with Crippen LogP contribution in [0.5, 0.6) is 0 Å². The Bertz CT molecular complexity index is 801. The van der Waals surface area contributed by atoms with Crippen molar-refractivity contribution < 1.29 is 0 Å². The molecule has 0 fully saturated rings. The number of hydrogen-bond donors (Lipinski definition) is 1. The lowest BCUT2D eigenvalue weighted by atomic mass is 9.91. The number of hydrogen-bond acceptors (Lipinski definition) is 2. The monoisotopic (exact) mass is 321 g/mol. The number of nitriles is 1. The highest BCUT2D eigenvalue weighted by Crippen LogP contribution is 2.27. The van der Waals surface area contributed by atoms with Crippen LogP contribution in [0.4, 0.5) is 0 Å². The van der Waals surface area contributed by atoms with Gasteiger partial charge in [-0.1, -0.05) is 54.1 Å². The molecule has 0 aliphatic rings. The molecule has 2 aromatic carbocycles. The van der Waals surface area contributed by atoms with E-state index in [1.807, 2.05) is 42.5 Å². The van der Waals surface area contributed by atoms with E-state index in [4.69, 9.17) is 16.9 Å². The maximum atomic E-state index is 8.84. The highest BCUT2D eigenvalue weighted by molar-refractivity contribution is 6.30. The van der Waals surface area contributed by atoms with E-state index < -0.39 is 0 Å². The second-order valence-electron chi connectivity index (χ2n) is 5.42. The first-order valence-corrected chi connectivity index (χ1v) is 7.84. The molecular weight excluding hydrogens is 306 g/mol. The number of imidazole rings is 1. The molecule has 1 heterocycles. The lowest BCUT2D eigenvalue weighted by molar-refractivity contribution is 0.749. The average Bonchev–Trinajstić information content (AvgIpc) is 3.04. The van der Waals surface area contributed by atoms with Gasteiger partial charge in [-0.3, -0.25) is 0 Å². The van der Waals surface area contributed by atoms with Crippen LogP contribution in [0.3, 0.4) is 0 Å². The molecule has 0 radical (unpaired) electrons. The predicted octanol–water partition coefficient (Wildman–Crippen LogP) is 4.50. The maximum absolute atomic E-state index is 8.84. The highest BCUT2D eigenvalue weighted by atomic mass is 35.5. The zero-order valence-corrected chi connectivity index (χ0v) is 13.3. The minimum atomic E-state index is 0.116. The van der Waals surface area contributed by atoms with Gasteiger partial charge in [0.15, 0.2) is 0 Å². The second kappa shape index (κ2) is 7.13. The SMILES string of the molecule is N#CCc1cnc(C(Cc2ccc(Cl)cc2)c2ccccc2)[nH]1. The Balaban J connectivity index is 1.93. The summed E-state index contributed by atoms with van der Waals surface area (Å²) in [6, 6.07) is 20.3. The summed E-state index contributed by atoms with van der Waals surface area (Å²) in [5, 5.41) is 9.57. The van der Waals surface area contributed by atoms with Crippen LogP contribution in [0, 0.1) is 11.3 Å². The Labute approximate surface area is 140 Å². The Kier molecular flexibility index (Phi) is 4.75. The first-order chi connectivity index (χ1) is 11.3. The van der Waals surface area contributed by atoms with Crippen LogP contribution < -0.4 is 0 Å². The fourth-order valence-electron chi connectivity index (χ4n) is 2.64. The standard InChI is InChI=1S/C19H16ClN3/c20-16-8-6-14(7-9-16)12-18(15-4-2-1-3-5-15)19-22-13-17(23-19)10-11-21/h1-9,13,18H,10,12H2,(H,22,23). The number of nitrogens with one attached hydrogen (secondary N) is 1. The Hall–Kier alpha value is -2.57. The Morgan fingerprint density at radius 2 is 1.83 bits per heavy atom. The van der Waals surface area contributed by atoms with Crippen LogP contribution in [0.2, 0.25) is 5.02 Å². The second-order valence-corrected chi connectivity index (χ2v) is 5.86. The molecule has 0 spiro atoms. The van der Waals surface area contributed by atoms with Gasteiger partial charge < -0.3 is 4.98 Å². The molecule has 4 heteroatoms. The topological polar surface area (TPSA) is 52.5 Å². The van der Waals surface area contributed by atoms with Crippen LogP contribution in [0.1, 0.15) is 28.6 Å². The van der Waals surface area contributed by atoms with Crippen molar-refractivity contribution in [1.82, 2.24) is 9.97 Å². The van der Waals surface area contributed by atoms with Crippen LogP contribution in [-0.2, 0) is 12.8 Å². The zero-order chi connectivity index (χ0) is 16.1. The summed E-state index contributed by atoms with van der Waals surface area (Å²) in [7, 11) is 0. The molecule has 23 heavy (non-hydrogen) atoms. The van der Waals surface area contributed by atoms with E-state index in [1.54, 1.807) is 6.20 Å². The van der Waals surface area contributed by atoms with Crippen molar-refractivity contribution in [1.29, 1.82) is 5.26 Å². The van der Waals surface area contributed by atoms with Gasteiger partial charge in [0.2, 0.25) is 0 Å². The van der Waals surface area contributed by atoms with Gasteiger partial charge in [-0.05, 0) is 29.7 Å². The molecule has 0 saturated heterocycles. The lowest BCUT2D eigenvalue weighted by Gasteiger charge is -2.15. The molecule has 3 aromatic rings. The van der Waals surface area contributed by atoms with Crippen LogP contribution in [0.25, 0.3) is 0 Å². The molecule has 1 atom stereocenters. The molecule has 1 aromatic heterocycles. The molecule has 114 valence electrons. The number of nitrogens with zero attached hydrogens (tertiary/aromatic N) is 2. The van der Waals surface area contributed by atoms with Crippen LogP contribution >= 0.6 is 11.6 Å². The molecular formula is C19H16ClN3. The van der Waals surface area contributed by atoms with Crippen molar-refractivity contribution in [3.63, 3.8) is 0 Å². The number of H-pyrrole nitrogens is 1. The fourth-order valence-corrected chi connectivity index (χ4v) is 2.77. The normalized spacial score (nSPS) is 11.8. The first-order valence-electron chi connectivity index (χ1n) is 7.46. The number of halogens is 1. The fraction of sp³-hybridized carbons (Fsp3) is 0.158. The van der Waals surface area contributed by atoms with E-state index in [0.29, 0.717) is 6.42 Å². The van der Waals surface area contributed by atoms with Gasteiger partial charge in [0, 0.05) is 22.8 Å². The highest BCUT2D eigenvalue weighted by Gasteiger charge is 2.18. The number of rotatable bonds is 5. The van der Waals surface area contributed by atoms with Gasteiger partial charge in [0.25, 0.3) is 0 Å². The van der Waals surface area contributed by atoms with E-state index in [0.717, 1.165) is 23.0 Å².